The quantitative estimate of drug-likeness (QED) is 0.616. The van der Waals surface area contributed by atoms with Gasteiger partial charge in [0.2, 0.25) is 11.1 Å². The number of carbonyl (C=O) groups excluding carboxylic acids is 2. The molecule has 1 heterocycles. The number of rotatable bonds is 7. The lowest BCUT2D eigenvalue weighted by atomic mass is 9.53. The molecule has 9 nitrogen and oxygen atoms in total. The molecule has 0 aliphatic heterocycles. The molecule has 3 amide bonds. The molecule has 170 valence electrons. The van der Waals surface area contributed by atoms with Crippen LogP contribution in [0.4, 0.5) is 4.79 Å². The van der Waals surface area contributed by atoms with Gasteiger partial charge in [-0.15, -0.1) is 5.10 Å². The molecule has 2 N–H and O–H groups in total. The van der Waals surface area contributed by atoms with Gasteiger partial charge in [0.15, 0.2) is 0 Å². The first kappa shape index (κ1) is 21.2. The van der Waals surface area contributed by atoms with Crippen molar-refractivity contribution in [2.45, 2.75) is 55.6 Å². The van der Waals surface area contributed by atoms with Crippen molar-refractivity contribution in [3.8, 4) is 11.4 Å². The third-order valence-corrected chi connectivity index (χ3v) is 7.91. The molecule has 4 saturated carbocycles. The fourth-order valence-corrected chi connectivity index (χ4v) is 7.01. The Hall–Kier alpha value is -2.62. The van der Waals surface area contributed by atoms with E-state index in [1.165, 1.54) is 31.0 Å². The Morgan fingerprint density at radius 3 is 2.53 bits per heavy atom. The molecule has 4 aliphatic rings. The number of para-hydroxylation sites is 2. The minimum atomic E-state index is -0.360. The van der Waals surface area contributed by atoms with Crippen molar-refractivity contribution < 1.29 is 14.3 Å². The van der Waals surface area contributed by atoms with Crippen LogP contribution in [-0.2, 0) is 4.79 Å². The molecule has 4 aliphatic carbocycles. The van der Waals surface area contributed by atoms with Gasteiger partial charge in [0, 0.05) is 17.7 Å². The summed E-state index contributed by atoms with van der Waals surface area (Å²) in [4.78, 5) is 24.9. The average Bonchev–Trinajstić information content (AvgIpc) is 3.20. The molecule has 0 unspecified atom stereocenters. The SMILES string of the molecule is COc1ccccc1-n1nnnc1SCCC(=O)NC(=O)NC12CC3CC(CC(C3)C1)C2. The van der Waals surface area contributed by atoms with E-state index in [-0.39, 0.29) is 23.9 Å². The Kier molecular flexibility index (Phi) is 5.79. The predicted molar refractivity (Wildman–Crippen MR) is 119 cm³/mol. The van der Waals surface area contributed by atoms with Crippen LogP contribution >= 0.6 is 11.8 Å². The number of amides is 3. The Balaban J connectivity index is 1.12. The number of thioether (sulfide) groups is 1. The fraction of sp³-hybridized carbons (Fsp3) is 0.591. The van der Waals surface area contributed by atoms with Crippen molar-refractivity contribution in [1.82, 2.24) is 30.8 Å². The number of tetrazole rings is 1. The van der Waals surface area contributed by atoms with Crippen LogP contribution in [0.1, 0.15) is 44.9 Å². The highest BCUT2D eigenvalue weighted by Gasteiger charge is 2.51. The van der Waals surface area contributed by atoms with Crippen LogP contribution in [0.3, 0.4) is 0 Å². The lowest BCUT2D eigenvalue weighted by Gasteiger charge is -2.56. The first-order valence-corrected chi connectivity index (χ1v) is 12.2. The number of ether oxygens (including phenoxy) is 1. The molecule has 0 spiro atoms. The zero-order chi connectivity index (χ0) is 22.1. The van der Waals surface area contributed by atoms with Gasteiger partial charge in [-0.25, -0.2) is 4.79 Å². The first-order chi connectivity index (χ1) is 15.5. The number of imide groups is 1. The summed E-state index contributed by atoms with van der Waals surface area (Å²) in [7, 11) is 1.59. The fourth-order valence-electron chi connectivity index (χ4n) is 6.18. The van der Waals surface area contributed by atoms with Crippen molar-refractivity contribution in [2.75, 3.05) is 12.9 Å². The summed E-state index contributed by atoms with van der Waals surface area (Å²) in [6, 6.07) is 7.09. The summed E-state index contributed by atoms with van der Waals surface area (Å²) in [5.74, 6) is 3.02. The first-order valence-electron chi connectivity index (χ1n) is 11.2. The van der Waals surface area contributed by atoms with E-state index in [0.29, 0.717) is 16.7 Å². The molecule has 4 fully saturated rings. The maximum absolute atomic E-state index is 12.5. The highest BCUT2D eigenvalue weighted by Crippen LogP contribution is 2.55. The highest BCUT2D eigenvalue weighted by atomic mass is 32.2. The molecule has 0 atom stereocenters. The van der Waals surface area contributed by atoms with Gasteiger partial charge in [-0.2, -0.15) is 4.68 Å². The molecule has 1 aromatic heterocycles. The van der Waals surface area contributed by atoms with Crippen molar-refractivity contribution in [3.63, 3.8) is 0 Å². The van der Waals surface area contributed by atoms with Crippen molar-refractivity contribution >= 4 is 23.7 Å². The Morgan fingerprint density at radius 2 is 1.84 bits per heavy atom. The number of nitrogens with one attached hydrogen (secondary N) is 2. The zero-order valence-corrected chi connectivity index (χ0v) is 18.9. The topological polar surface area (TPSA) is 111 Å². The molecule has 2 aromatic rings. The molecule has 10 heteroatoms. The lowest BCUT2D eigenvalue weighted by molar-refractivity contribution is -0.119. The molecule has 6 rings (SSSR count). The van der Waals surface area contributed by atoms with Crippen molar-refractivity contribution in [1.29, 1.82) is 0 Å². The summed E-state index contributed by atoms with van der Waals surface area (Å²) in [5, 5.41) is 18.1. The number of benzene rings is 1. The Labute approximate surface area is 191 Å². The van der Waals surface area contributed by atoms with Gasteiger partial charge in [-0.05, 0) is 78.8 Å². The third kappa shape index (κ3) is 4.32. The molecular weight excluding hydrogens is 428 g/mol. The predicted octanol–water partition coefficient (Wildman–Crippen LogP) is 2.95. The number of hydrogen-bond acceptors (Lipinski definition) is 7. The number of methoxy groups -OCH3 is 1. The summed E-state index contributed by atoms with van der Waals surface area (Å²) in [6.07, 6.45) is 7.30. The maximum Gasteiger partial charge on any atom is 0.321 e. The van der Waals surface area contributed by atoms with Gasteiger partial charge in [0.05, 0.1) is 7.11 Å². The van der Waals surface area contributed by atoms with Crippen LogP contribution in [-0.4, -0.2) is 50.5 Å². The van der Waals surface area contributed by atoms with Gasteiger partial charge < -0.3 is 10.1 Å². The minimum absolute atomic E-state index is 0.106. The van der Waals surface area contributed by atoms with Gasteiger partial charge >= 0.3 is 6.03 Å². The molecule has 0 radical (unpaired) electrons. The number of aromatic nitrogens is 4. The van der Waals surface area contributed by atoms with Gasteiger partial charge in [-0.3, -0.25) is 10.1 Å². The summed E-state index contributed by atoms with van der Waals surface area (Å²) < 4.78 is 6.96. The molecule has 4 bridgehead atoms. The Morgan fingerprint density at radius 1 is 1.16 bits per heavy atom. The maximum atomic E-state index is 12.5. The van der Waals surface area contributed by atoms with E-state index in [2.05, 4.69) is 26.2 Å². The second-order valence-corrected chi connectivity index (χ2v) is 10.4. The molecule has 32 heavy (non-hydrogen) atoms. The van der Waals surface area contributed by atoms with Crippen LogP contribution in [0.15, 0.2) is 29.4 Å². The standard InChI is InChI=1S/C22H28N6O3S/c1-31-18-5-3-2-4-17(18)28-21(25-26-27-28)32-7-6-19(29)23-20(30)24-22-11-14-8-15(12-22)10-16(9-14)13-22/h2-5,14-16H,6-13H2,1H3,(H2,23,24,29,30). The van der Waals surface area contributed by atoms with Crippen LogP contribution in [0.5, 0.6) is 5.75 Å². The molecular formula is C22H28N6O3S. The van der Waals surface area contributed by atoms with Crippen molar-refractivity contribution in [2.24, 2.45) is 17.8 Å². The van der Waals surface area contributed by atoms with Gasteiger partial charge in [-0.1, -0.05) is 23.9 Å². The summed E-state index contributed by atoms with van der Waals surface area (Å²) >= 11 is 1.36. The van der Waals surface area contributed by atoms with E-state index in [1.807, 2.05) is 24.3 Å². The summed E-state index contributed by atoms with van der Waals surface area (Å²) in [6.45, 7) is 0. The second-order valence-electron chi connectivity index (χ2n) is 9.34. The van der Waals surface area contributed by atoms with E-state index < -0.39 is 0 Å². The van der Waals surface area contributed by atoms with Gasteiger partial charge in [0.25, 0.3) is 0 Å². The van der Waals surface area contributed by atoms with Crippen molar-refractivity contribution in [3.05, 3.63) is 24.3 Å². The number of hydrogen-bond donors (Lipinski definition) is 2. The average molecular weight is 457 g/mol. The summed E-state index contributed by atoms with van der Waals surface area (Å²) in [5.41, 5.74) is 0.618. The number of carbonyl (C=O) groups is 2. The van der Waals surface area contributed by atoms with Gasteiger partial charge in [0.1, 0.15) is 11.4 Å². The molecule has 1 aromatic carbocycles. The van der Waals surface area contributed by atoms with Crippen LogP contribution in [0.2, 0.25) is 0 Å². The van der Waals surface area contributed by atoms with E-state index in [9.17, 15) is 9.59 Å². The minimum Gasteiger partial charge on any atom is -0.494 e. The van der Waals surface area contributed by atoms with Crippen LogP contribution < -0.4 is 15.4 Å². The lowest BCUT2D eigenvalue weighted by Crippen LogP contribution is -2.61. The number of nitrogens with zero attached hydrogens (tertiary/aromatic N) is 4. The smallest absolute Gasteiger partial charge is 0.321 e. The Bertz CT molecular complexity index is 974. The second kappa shape index (κ2) is 8.73. The van der Waals surface area contributed by atoms with E-state index in [1.54, 1.807) is 11.8 Å². The van der Waals surface area contributed by atoms with E-state index >= 15 is 0 Å². The highest BCUT2D eigenvalue weighted by molar-refractivity contribution is 7.99. The van der Waals surface area contributed by atoms with Crippen LogP contribution in [0, 0.1) is 17.8 Å². The third-order valence-electron chi connectivity index (χ3n) is 6.98. The number of urea groups is 1. The monoisotopic (exact) mass is 456 g/mol. The zero-order valence-electron chi connectivity index (χ0n) is 18.1. The van der Waals surface area contributed by atoms with Crippen LogP contribution in [0.25, 0.3) is 5.69 Å². The molecule has 0 saturated heterocycles. The largest absolute Gasteiger partial charge is 0.494 e. The normalized spacial score (nSPS) is 27.8. The van der Waals surface area contributed by atoms with E-state index in [0.717, 1.165) is 42.7 Å². The van der Waals surface area contributed by atoms with E-state index in [4.69, 9.17) is 4.74 Å².